The third kappa shape index (κ3) is 9.10. The van der Waals surface area contributed by atoms with E-state index < -0.39 is 22.0 Å². The zero-order chi connectivity index (χ0) is 9.33. The molecule has 5 heteroatoms. The summed E-state index contributed by atoms with van der Waals surface area (Å²) in [5.74, 6) is 0. The Morgan fingerprint density at radius 1 is 1.27 bits per heavy atom. The van der Waals surface area contributed by atoms with E-state index in [0.29, 0.717) is 0 Å². The molecule has 0 fully saturated rings. The normalized spacial score (nSPS) is 10.7. The van der Waals surface area contributed by atoms with Gasteiger partial charge in [0.25, 0.3) is 0 Å². The molecule has 2 N–H and O–H groups in total. The first kappa shape index (κ1) is 14.7. The van der Waals surface area contributed by atoms with Crippen LogP contribution in [0.4, 0.5) is 0 Å². The SMILES string of the molecule is CCC([NH-])(CC)C[NH-].[Cl][Pt+2][Cl]. The molecule has 0 heterocycles. The van der Waals surface area contributed by atoms with Crippen LogP contribution in [0.5, 0.6) is 0 Å². The summed E-state index contributed by atoms with van der Waals surface area (Å²) in [5, 5.41) is 0. The predicted molar refractivity (Wildman–Crippen MR) is 48.5 cm³/mol. The van der Waals surface area contributed by atoms with E-state index >= 15 is 0 Å². The molecule has 0 aromatic carbocycles. The number of rotatable bonds is 3. The third-order valence-electron chi connectivity index (χ3n) is 1.69. The van der Waals surface area contributed by atoms with Gasteiger partial charge in [-0.2, -0.15) is 6.54 Å². The van der Waals surface area contributed by atoms with E-state index in [0.717, 1.165) is 12.8 Å². The molecule has 0 spiro atoms. The second kappa shape index (κ2) is 9.28. The van der Waals surface area contributed by atoms with Gasteiger partial charge in [0.05, 0.1) is 0 Å². The van der Waals surface area contributed by atoms with Gasteiger partial charge in [0, 0.05) is 0 Å². The summed E-state index contributed by atoms with van der Waals surface area (Å²) >= 11 is -0.472. The molecular formula is C6H14Cl2N2Pt. The molecule has 0 saturated heterocycles. The molecule has 0 aromatic rings. The Kier molecular flexibility index (Phi) is 12.4. The van der Waals surface area contributed by atoms with Gasteiger partial charge in [-0.05, 0) is 0 Å². The fourth-order valence-corrected chi connectivity index (χ4v) is 0.500. The first-order valence-electron chi connectivity index (χ1n) is 3.32. The molecule has 0 rings (SSSR count). The average molecular weight is 380 g/mol. The molecule has 0 radical (unpaired) electrons. The van der Waals surface area contributed by atoms with Gasteiger partial charge in [0.1, 0.15) is 0 Å². The van der Waals surface area contributed by atoms with Gasteiger partial charge >= 0.3 is 35.3 Å². The average Bonchev–Trinajstić information content (AvgIpc) is 2.05. The summed E-state index contributed by atoms with van der Waals surface area (Å²) in [6.07, 6.45) is 1.60. The number of nitrogens with one attached hydrogen (secondary N) is 2. The molecule has 72 valence electrons. The van der Waals surface area contributed by atoms with Crippen molar-refractivity contribution in [2.24, 2.45) is 0 Å². The monoisotopic (exact) mass is 379 g/mol. The van der Waals surface area contributed by atoms with Crippen molar-refractivity contribution in [3.8, 4) is 0 Å². The second-order valence-electron chi connectivity index (χ2n) is 2.21. The van der Waals surface area contributed by atoms with Crippen molar-refractivity contribution in [1.29, 1.82) is 0 Å². The van der Waals surface area contributed by atoms with Crippen LogP contribution < -0.4 is 0 Å². The van der Waals surface area contributed by atoms with Gasteiger partial charge < -0.3 is 11.5 Å². The number of hydrogen-bond acceptors (Lipinski definition) is 0. The molecule has 0 bridgehead atoms. The van der Waals surface area contributed by atoms with Crippen LogP contribution in [-0.4, -0.2) is 12.1 Å². The van der Waals surface area contributed by atoms with Crippen LogP contribution in [0.25, 0.3) is 11.5 Å². The van der Waals surface area contributed by atoms with Crippen LogP contribution in [0.2, 0.25) is 0 Å². The molecule has 0 aromatic heterocycles. The van der Waals surface area contributed by atoms with Gasteiger partial charge in [-0.25, -0.2) is 0 Å². The Labute approximate surface area is 85.4 Å². The summed E-state index contributed by atoms with van der Waals surface area (Å²) in [5.41, 5.74) is 14.0. The van der Waals surface area contributed by atoms with Crippen LogP contribution in [-0.2, 0) is 16.5 Å². The third-order valence-corrected chi connectivity index (χ3v) is 1.69. The predicted octanol–water partition coefficient (Wildman–Crippen LogP) is 4.03. The van der Waals surface area contributed by atoms with Crippen molar-refractivity contribution in [1.82, 2.24) is 0 Å². The molecule has 0 atom stereocenters. The molecule has 0 aliphatic rings. The van der Waals surface area contributed by atoms with Crippen LogP contribution in [0, 0.1) is 0 Å². The van der Waals surface area contributed by atoms with E-state index in [1.807, 2.05) is 13.8 Å². The maximum absolute atomic E-state index is 7.48. The van der Waals surface area contributed by atoms with Gasteiger partial charge in [-0.3, -0.25) is 0 Å². The van der Waals surface area contributed by atoms with Crippen molar-refractivity contribution in [3.63, 3.8) is 0 Å². The quantitative estimate of drug-likeness (QED) is 0.710. The number of halogens is 2. The van der Waals surface area contributed by atoms with Gasteiger partial charge in [0.2, 0.25) is 0 Å². The molecule has 2 nitrogen and oxygen atoms in total. The van der Waals surface area contributed by atoms with Crippen LogP contribution in [0.15, 0.2) is 0 Å². The molecule has 0 aliphatic heterocycles. The fourth-order valence-electron chi connectivity index (χ4n) is 0.500. The Balaban J connectivity index is 0. The topological polar surface area (TPSA) is 47.6 Å². The standard InChI is InChI=1S/C6H14N2.2ClH.Pt/c1-3-6(8,4-2)5-7;;;/h7-8H,3-5H2,1-2H3;2*1H;/q-2;;;+4/p-2. The first-order chi connectivity index (χ1) is 5.10. The van der Waals surface area contributed by atoms with Gasteiger partial charge in [0.15, 0.2) is 0 Å². The first-order valence-corrected chi connectivity index (χ1v) is 8.95. The van der Waals surface area contributed by atoms with Crippen LogP contribution >= 0.6 is 18.8 Å². The van der Waals surface area contributed by atoms with Crippen molar-refractivity contribution < 1.29 is 16.5 Å². The molecule has 11 heavy (non-hydrogen) atoms. The summed E-state index contributed by atoms with van der Waals surface area (Å²) in [4.78, 5) is 0. The van der Waals surface area contributed by atoms with E-state index in [1.54, 1.807) is 0 Å². The number of hydrogen-bond donors (Lipinski definition) is 0. The molecular weight excluding hydrogens is 366 g/mol. The van der Waals surface area contributed by atoms with E-state index in [4.69, 9.17) is 30.3 Å². The zero-order valence-corrected chi connectivity index (χ0v) is 10.5. The minimum atomic E-state index is -0.472. The Bertz CT molecular complexity index is 70.7. The van der Waals surface area contributed by atoms with Crippen molar-refractivity contribution in [2.45, 2.75) is 32.2 Å². The minimum absolute atomic E-state index is 0.236. The molecule has 0 aliphatic carbocycles. The summed E-state index contributed by atoms with van der Waals surface area (Å²) in [6.45, 7) is 4.16. The second-order valence-corrected chi connectivity index (χ2v) is 5.49. The summed E-state index contributed by atoms with van der Waals surface area (Å²) < 4.78 is 0. The van der Waals surface area contributed by atoms with Gasteiger partial charge in [-0.1, -0.05) is 26.7 Å². The van der Waals surface area contributed by atoms with Crippen molar-refractivity contribution in [3.05, 3.63) is 11.5 Å². The van der Waals surface area contributed by atoms with Crippen LogP contribution in [0.3, 0.4) is 0 Å². The molecule has 0 amide bonds. The zero-order valence-electron chi connectivity index (χ0n) is 6.69. The Morgan fingerprint density at radius 2 is 1.55 bits per heavy atom. The van der Waals surface area contributed by atoms with E-state index in [-0.39, 0.29) is 6.54 Å². The van der Waals surface area contributed by atoms with Crippen molar-refractivity contribution >= 4 is 18.8 Å². The Hall–Kier alpha value is 1.19. The van der Waals surface area contributed by atoms with E-state index in [9.17, 15) is 0 Å². The van der Waals surface area contributed by atoms with E-state index in [1.165, 1.54) is 0 Å². The van der Waals surface area contributed by atoms with E-state index in [2.05, 4.69) is 0 Å². The Morgan fingerprint density at radius 3 is 1.55 bits per heavy atom. The van der Waals surface area contributed by atoms with Crippen LogP contribution in [0.1, 0.15) is 26.7 Å². The van der Waals surface area contributed by atoms with Gasteiger partial charge in [-0.15, -0.1) is 5.54 Å². The molecule has 0 unspecified atom stereocenters. The van der Waals surface area contributed by atoms with Crippen molar-refractivity contribution in [2.75, 3.05) is 6.54 Å². The maximum atomic E-state index is 7.48. The summed E-state index contributed by atoms with van der Waals surface area (Å²) in [6, 6.07) is 0. The fraction of sp³-hybridized carbons (Fsp3) is 1.00. The molecule has 0 saturated carbocycles. The summed E-state index contributed by atoms with van der Waals surface area (Å²) in [7, 11) is 9.75.